The molecule has 0 spiro atoms. The fourth-order valence-electron chi connectivity index (χ4n) is 2.30. The normalized spacial score (nSPS) is 10.8. The van der Waals surface area contributed by atoms with Crippen molar-refractivity contribution >= 4 is 52.9 Å². The maximum absolute atomic E-state index is 11.1. The maximum atomic E-state index is 11.1. The minimum Gasteiger partial charge on any atom is -0.356 e. The lowest BCUT2D eigenvalue weighted by molar-refractivity contribution is -0.114. The van der Waals surface area contributed by atoms with Crippen LogP contribution in [-0.4, -0.2) is 30.4 Å². The summed E-state index contributed by atoms with van der Waals surface area (Å²) in [6.45, 7) is 7.04. The Kier molecular flexibility index (Phi) is 9.57. The molecule has 0 unspecified atom stereocenters. The van der Waals surface area contributed by atoms with Crippen LogP contribution < -0.4 is 16.0 Å². The van der Waals surface area contributed by atoms with Crippen molar-refractivity contribution in [2.45, 2.75) is 33.7 Å². The third kappa shape index (κ3) is 7.28. The van der Waals surface area contributed by atoms with E-state index in [2.05, 4.69) is 32.9 Å². The number of amides is 1. The number of guanidine groups is 1. The lowest BCUT2D eigenvalue weighted by atomic mass is 10.2. The molecule has 1 amide bonds. The summed E-state index contributed by atoms with van der Waals surface area (Å²) in [7, 11) is 1.75. The van der Waals surface area contributed by atoms with Crippen molar-refractivity contribution in [1.29, 1.82) is 0 Å². The molecule has 26 heavy (non-hydrogen) atoms. The highest BCUT2D eigenvalue weighted by Crippen LogP contribution is 2.16. The molecule has 0 fully saturated rings. The smallest absolute Gasteiger partial charge is 0.221 e. The molecule has 3 N–H and O–H groups in total. The van der Waals surface area contributed by atoms with E-state index in [1.54, 1.807) is 18.4 Å². The van der Waals surface area contributed by atoms with Gasteiger partial charge in [-0.2, -0.15) is 0 Å². The van der Waals surface area contributed by atoms with Gasteiger partial charge in [0, 0.05) is 44.0 Å². The molecule has 2 aromatic rings. The molecule has 1 aromatic heterocycles. The topological polar surface area (TPSA) is 78.4 Å². The van der Waals surface area contributed by atoms with Gasteiger partial charge in [0.05, 0.1) is 10.7 Å². The fraction of sp³-hybridized carbons (Fsp3) is 0.389. The number of hydrogen-bond acceptors (Lipinski definition) is 4. The Bertz CT molecular complexity index is 740. The summed E-state index contributed by atoms with van der Waals surface area (Å²) < 4.78 is 0. The van der Waals surface area contributed by atoms with Gasteiger partial charge >= 0.3 is 0 Å². The lowest BCUT2D eigenvalue weighted by Crippen LogP contribution is -2.37. The molecule has 8 heteroatoms. The van der Waals surface area contributed by atoms with Crippen molar-refractivity contribution in [1.82, 2.24) is 15.6 Å². The zero-order valence-electron chi connectivity index (χ0n) is 15.5. The van der Waals surface area contributed by atoms with Crippen LogP contribution in [0, 0.1) is 13.8 Å². The zero-order chi connectivity index (χ0) is 18.2. The van der Waals surface area contributed by atoms with E-state index in [0.717, 1.165) is 40.9 Å². The monoisotopic (exact) mass is 487 g/mol. The Morgan fingerprint density at radius 2 is 2.04 bits per heavy atom. The van der Waals surface area contributed by atoms with Crippen molar-refractivity contribution in [3.05, 3.63) is 45.4 Å². The van der Waals surface area contributed by atoms with E-state index in [4.69, 9.17) is 0 Å². The summed E-state index contributed by atoms with van der Waals surface area (Å²) in [4.78, 5) is 21.2. The molecule has 1 aromatic carbocycles. The van der Waals surface area contributed by atoms with Crippen LogP contribution in [0.15, 0.2) is 29.3 Å². The number of carbonyl (C=O) groups excluding carboxylic acids is 1. The van der Waals surface area contributed by atoms with Gasteiger partial charge in [-0.15, -0.1) is 35.3 Å². The van der Waals surface area contributed by atoms with E-state index < -0.39 is 0 Å². The molecule has 6 nitrogen and oxygen atoms in total. The van der Waals surface area contributed by atoms with Gasteiger partial charge in [-0.1, -0.05) is 12.1 Å². The number of hydrogen-bond donors (Lipinski definition) is 3. The summed E-state index contributed by atoms with van der Waals surface area (Å²) in [6.07, 6.45) is 0.873. The molecule has 0 saturated heterocycles. The second-order valence-corrected chi connectivity index (χ2v) is 7.02. The summed E-state index contributed by atoms with van der Waals surface area (Å²) >= 11 is 1.74. The molecule has 0 aliphatic carbocycles. The molecule has 0 saturated carbocycles. The number of nitrogens with one attached hydrogen (secondary N) is 3. The van der Waals surface area contributed by atoms with Crippen LogP contribution in [0.25, 0.3) is 0 Å². The second-order valence-electron chi connectivity index (χ2n) is 5.73. The van der Waals surface area contributed by atoms with Crippen LogP contribution in [0.3, 0.4) is 0 Å². The average Bonchev–Trinajstić information content (AvgIpc) is 2.88. The van der Waals surface area contributed by atoms with Gasteiger partial charge in [-0.25, -0.2) is 4.98 Å². The molecule has 1 heterocycles. The van der Waals surface area contributed by atoms with Gasteiger partial charge < -0.3 is 16.0 Å². The van der Waals surface area contributed by atoms with Crippen molar-refractivity contribution in [3.8, 4) is 0 Å². The second kappa shape index (κ2) is 11.1. The van der Waals surface area contributed by atoms with E-state index >= 15 is 0 Å². The first-order valence-electron chi connectivity index (χ1n) is 8.22. The van der Waals surface area contributed by atoms with E-state index in [9.17, 15) is 4.79 Å². The Labute approximate surface area is 175 Å². The standard InChI is InChI=1S/C18H25N5OS.HI/c1-12-13(2)25-17(22-12)8-9-20-18(19-4)21-11-15-6-5-7-16(10-15)23-14(3)24;/h5-7,10H,8-9,11H2,1-4H3,(H,23,24)(H2,19,20,21);1H. The molecule has 142 valence electrons. The number of anilines is 1. The van der Waals surface area contributed by atoms with E-state index in [-0.39, 0.29) is 29.9 Å². The van der Waals surface area contributed by atoms with Crippen LogP contribution in [-0.2, 0) is 17.8 Å². The van der Waals surface area contributed by atoms with Gasteiger partial charge in [0.1, 0.15) is 0 Å². The predicted molar refractivity (Wildman–Crippen MR) is 120 cm³/mol. The molecule has 2 rings (SSSR count). The van der Waals surface area contributed by atoms with Gasteiger partial charge in [0.2, 0.25) is 5.91 Å². The summed E-state index contributed by atoms with van der Waals surface area (Å²) in [5.74, 6) is 0.671. The number of thiazole rings is 1. The molecular formula is C18H26IN5OS. The third-order valence-corrected chi connectivity index (χ3v) is 4.77. The van der Waals surface area contributed by atoms with Crippen LogP contribution in [0.4, 0.5) is 5.69 Å². The highest BCUT2D eigenvalue weighted by Gasteiger charge is 2.04. The Morgan fingerprint density at radius 1 is 1.27 bits per heavy atom. The van der Waals surface area contributed by atoms with Crippen LogP contribution in [0.2, 0.25) is 0 Å². The first kappa shape index (κ1) is 22.4. The summed E-state index contributed by atoms with van der Waals surface area (Å²) in [6, 6.07) is 7.75. The molecule has 0 aliphatic heterocycles. The van der Waals surface area contributed by atoms with Crippen LogP contribution in [0.1, 0.15) is 28.1 Å². The molecular weight excluding hydrogens is 461 g/mol. The van der Waals surface area contributed by atoms with Gasteiger partial charge in [-0.3, -0.25) is 9.79 Å². The average molecular weight is 487 g/mol. The van der Waals surface area contributed by atoms with Crippen molar-refractivity contribution < 1.29 is 4.79 Å². The zero-order valence-corrected chi connectivity index (χ0v) is 18.7. The number of aryl methyl sites for hydroxylation is 2. The van der Waals surface area contributed by atoms with Gasteiger partial charge in [0.15, 0.2) is 5.96 Å². The van der Waals surface area contributed by atoms with Gasteiger partial charge in [-0.05, 0) is 31.5 Å². The number of halogens is 1. The number of aromatic nitrogens is 1. The molecule has 0 radical (unpaired) electrons. The largest absolute Gasteiger partial charge is 0.356 e. The molecule has 0 atom stereocenters. The first-order valence-corrected chi connectivity index (χ1v) is 9.03. The Morgan fingerprint density at radius 3 is 2.65 bits per heavy atom. The van der Waals surface area contributed by atoms with E-state index in [1.165, 1.54) is 11.8 Å². The van der Waals surface area contributed by atoms with Crippen LogP contribution in [0.5, 0.6) is 0 Å². The number of rotatable bonds is 6. The van der Waals surface area contributed by atoms with E-state index in [1.807, 2.05) is 31.2 Å². The number of carbonyl (C=O) groups is 1. The highest BCUT2D eigenvalue weighted by atomic mass is 127. The highest BCUT2D eigenvalue weighted by molar-refractivity contribution is 14.0. The number of aliphatic imine (C=N–C) groups is 1. The minimum absolute atomic E-state index is 0. The van der Waals surface area contributed by atoms with Crippen molar-refractivity contribution in [3.63, 3.8) is 0 Å². The quantitative estimate of drug-likeness (QED) is 0.332. The summed E-state index contributed by atoms with van der Waals surface area (Å²) in [5.41, 5.74) is 2.98. The number of benzene rings is 1. The van der Waals surface area contributed by atoms with Gasteiger partial charge in [0.25, 0.3) is 0 Å². The molecule has 0 bridgehead atoms. The lowest BCUT2D eigenvalue weighted by Gasteiger charge is -2.12. The fourth-order valence-corrected chi connectivity index (χ4v) is 3.24. The minimum atomic E-state index is -0.0738. The van der Waals surface area contributed by atoms with Crippen LogP contribution >= 0.6 is 35.3 Å². The van der Waals surface area contributed by atoms with Crippen molar-refractivity contribution in [2.75, 3.05) is 18.9 Å². The maximum Gasteiger partial charge on any atom is 0.221 e. The Hall–Kier alpha value is -1.68. The van der Waals surface area contributed by atoms with E-state index in [0.29, 0.717) is 6.54 Å². The molecule has 0 aliphatic rings. The predicted octanol–water partition coefficient (Wildman–Crippen LogP) is 3.24. The summed E-state index contributed by atoms with van der Waals surface area (Å²) in [5, 5.41) is 10.5. The van der Waals surface area contributed by atoms with Crippen molar-refractivity contribution in [2.24, 2.45) is 4.99 Å². The third-order valence-electron chi connectivity index (χ3n) is 3.64. The number of nitrogens with zero attached hydrogens (tertiary/aromatic N) is 2. The first-order chi connectivity index (χ1) is 12.0. The SMILES string of the molecule is CN=C(NCCc1nc(C)c(C)s1)NCc1cccc(NC(C)=O)c1.I. The Balaban J connectivity index is 0.00000338.